The monoisotopic (exact) mass is 479 g/mol. The van der Waals surface area contributed by atoms with Crippen molar-refractivity contribution in [1.29, 1.82) is 0 Å². The average Bonchev–Trinajstić information content (AvgIpc) is 2.90. The number of hydrogen-bond acceptors (Lipinski definition) is 6. The molecular formula is C22H29N3O5S2. The molecular weight excluding hydrogens is 450 g/mol. The topological polar surface area (TPSA) is 98.0 Å². The van der Waals surface area contributed by atoms with Crippen molar-refractivity contribution in [3.63, 3.8) is 0 Å². The predicted octanol–water partition coefficient (Wildman–Crippen LogP) is 2.53. The molecule has 0 atom stereocenters. The third kappa shape index (κ3) is 6.29. The second kappa shape index (κ2) is 10.9. The number of likely N-dealkylation sites (tertiary alicyclic amines) is 1. The van der Waals surface area contributed by atoms with Crippen molar-refractivity contribution in [2.24, 2.45) is 4.99 Å². The van der Waals surface area contributed by atoms with E-state index >= 15 is 0 Å². The van der Waals surface area contributed by atoms with Crippen LogP contribution in [0.4, 0.5) is 0 Å². The van der Waals surface area contributed by atoms with E-state index in [0.717, 1.165) is 35.9 Å². The Hall–Kier alpha value is -2.46. The number of aromatic nitrogens is 1. The quantitative estimate of drug-likeness (QED) is 0.542. The van der Waals surface area contributed by atoms with Gasteiger partial charge >= 0.3 is 0 Å². The molecule has 2 heterocycles. The predicted molar refractivity (Wildman–Crippen MR) is 125 cm³/mol. The number of amides is 2. The van der Waals surface area contributed by atoms with E-state index in [2.05, 4.69) is 11.6 Å². The Bertz CT molecular complexity index is 1160. The van der Waals surface area contributed by atoms with Gasteiger partial charge in [0.2, 0.25) is 5.91 Å². The lowest BCUT2D eigenvalue weighted by molar-refractivity contribution is -0.128. The maximum absolute atomic E-state index is 12.5. The first-order chi connectivity index (χ1) is 15.3. The molecule has 0 unspecified atom stereocenters. The van der Waals surface area contributed by atoms with Crippen LogP contribution in [-0.2, 0) is 26.0 Å². The van der Waals surface area contributed by atoms with Crippen LogP contribution in [0.1, 0.15) is 32.6 Å². The van der Waals surface area contributed by atoms with Gasteiger partial charge in [-0.25, -0.2) is 8.42 Å². The maximum Gasteiger partial charge on any atom is 0.263 e. The van der Waals surface area contributed by atoms with Gasteiger partial charge in [0.1, 0.15) is 17.3 Å². The zero-order chi connectivity index (χ0) is 23.1. The first-order valence-electron chi connectivity index (χ1n) is 10.8. The molecule has 3 rings (SSSR count). The fourth-order valence-corrected chi connectivity index (χ4v) is 5.87. The van der Waals surface area contributed by atoms with Crippen molar-refractivity contribution in [3.05, 3.63) is 35.7 Å². The number of thiazole rings is 1. The molecule has 8 nitrogen and oxygen atoms in total. The molecule has 2 aromatic rings. The molecule has 1 aliphatic rings. The molecule has 0 radical (unpaired) electrons. The van der Waals surface area contributed by atoms with Crippen LogP contribution in [0.3, 0.4) is 0 Å². The Morgan fingerprint density at radius 3 is 2.56 bits per heavy atom. The van der Waals surface area contributed by atoms with Gasteiger partial charge in [0.15, 0.2) is 14.6 Å². The summed E-state index contributed by atoms with van der Waals surface area (Å²) in [5.74, 6) is -1.97. The number of nitrogens with zero attached hydrogens (tertiary/aromatic N) is 3. The largest absolute Gasteiger partial charge is 0.494 e. The SMILES string of the molecule is C=CCn1c(=NC(=O)CS(=O)(=O)CC(=O)N2CCCCCC2)sc2cc(OCC)ccc21. The molecule has 32 heavy (non-hydrogen) atoms. The minimum Gasteiger partial charge on any atom is -0.494 e. The fraction of sp³-hybridized carbons (Fsp3) is 0.500. The number of benzene rings is 1. The van der Waals surface area contributed by atoms with Crippen LogP contribution >= 0.6 is 11.3 Å². The number of hydrogen-bond donors (Lipinski definition) is 0. The average molecular weight is 480 g/mol. The molecule has 174 valence electrons. The van der Waals surface area contributed by atoms with E-state index in [4.69, 9.17) is 4.74 Å². The number of carbonyl (C=O) groups is 2. The van der Waals surface area contributed by atoms with E-state index in [-0.39, 0.29) is 0 Å². The van der Waals surface area contributed by atoms with Gasteiger partial charge in [-0.3, -0.25) is 9.59 Å². The van der Waals surface area contributed by atoms with Crippen molar-refractivity contribution in [2.45, 2.75) is 39.2 Å². The molecule has 0 aliphatic carbocycles. The van der Waals surface area contributed by atoms with Gasteiger partial charge in [-0.2, -0.15) is 4.99 Å². The normalized spacial score (nSPS) is 15.5. The Labute approximate surface area is 192 Å². The molecule has 2 amide bonds. The van der Waals surface area contributed by atoms with Crippen molar-refractivity contribution in [3.8, 4) is 5.75 Å². The molecule has 1 aromatic carbocycles. The van der Waals surface area contributed by atoms with Gasteiger partial charge < -0.3 is 14.2 Å². The number of fused-ring (bicyclic) bond motifs is 1. The zero-order valence-corrected chi connectivity index (χ0v) is 19.9. The molecule has 1 aromatic heterocycles. The number of allylic oxidation sites excluding steroid dienone is 1. The highest BCUT2D eigenvalue weighted by atomic mass is 32.2. The number of rotatable bonds is 8. The Balaban J connectivity index is 1.79. The standard InChI is InChI=1S/C22H29N3O5S2/c1-3-11-25-18-10-9-17(30-4-2)14-19(18)31-22(25)23-20(26)15-32(28,29)16-21(27)24-12-7-5-6-8-13-24/h3,9-10,14H,1,4-8,11-13,15-16H2,2H3. The summed E-state index contributed by atoms with van der Waals surface area (Å²) in [5.41, 5.74) is 0.851. The van der Waals surface area contributed by atoms with Crippen LogP contribution in [0.2, 0.25) is 0 Å². The molecule has 10 heteroatoms. The van der Waals surface area contributed by atoms with Crippen LogP contribution in [0.5, 0.6) is 5.75 Å². The van der Waals surface area contributed by atoms with Crippen LogP contribution in [0.25, 0.3) is 10.2 Å². The van der Waals surface area contributed by atoms with Gasteiger partial charge in [-0.1, -0.05) is 30.3 Å². The van der Waals surface area contributed by atoms with E-state index in [0.29, 0.717) is 36.8 Å². The van der Waals surface area contributed by atoms with E-state index in [9.17, 15) is 18.0 Å². The van der Waals surface area contributed by atoms with E-state index in [1.165, 1.54) is 11.3 Å². The number of sulfone groups is 1. The number of ether oxygens (including phenoxy) is 1. The highest BCUT2D eigenvalue weighted by Gasteiger charge is 2.25. The molecule has 1 saturated heterocycles. The third-order valence-electron chi connectivity index (χ3n) is 5.14. The second-order valence-corrected chi connectivity index (χ2v) is 10.8. The Morgan fingerprint density at radius 2 is 1.91 bits per heavy atom. The van der Waals surface area contributed by atoms with Crippen molar-refractivity contribution < 1.29 is 22.7 Å². The summed E-state index contributed by atoms with van der Waals surface area (Å²) in [6.07, 6.45) is 5.52. The number of carbonyl (C=O) groups excluding carboxylic acids is 2. The lowest BCUT2D eigenvalue weighted by Crippen LogP contribution is -2.37. The minimum absolute atomic E-state index is 0.382. The summed E-state index contributed by atoms with van der Waals surface area (Å²) >= 11 is 1.27. The van der Waals surface area contributed by atoms with Crippen LogP contribution in [0, 0.1) is 0 Å². The van der Waals surface area contributed by atoms with Crippen LogP contribution in [0.15, 0.2) is 35.8 Å². The highest BCUT2D eigenvalue weighted by molar-refractivity contribution is 7.92. The van der Waals surface area contributed by atoms with Crippen LogP contribution in [-0.4, -0.2) is 60.9 Å². The molecule has 0 spiro atoms. The zero-order valence-electron chi connectivity index (χ0n) is 18.3. The van der Waals surface area contributed by atoms with Gasteiger partial charge in [0.05, 0.1) is 16.8 Å². The van der Waals surface area contributed by atoms with E-state index < -0.39 is 33.2 Å². The summed E-state index contributed by atoms with van der Waals surface area (Å²) < 4.78 is 33.2. The summed E-state index contributed by atoms with van der Waals surface area (Å²) in [5, 5.41) is 0. The van der Waals surface area contributed by atoms with Crippen molar-refractivity contribution >= 4 is 43.2 Å². The minimum atomic E-state index is -3.91. The van der Waals surface area contributed by atoms with Crippen LogP contribution < -0.4 is 9.54 Å². The van der Waals surface area contributed by atoms with Gasteiger partial charge in [-0.05, 0) is 38.0 Å². The van der Waals surface area contributed by atoms with Gasteiger partial charge in [0, 0.05) is 19.6 Å². The summed E-state index contributed by atoms with van der Waals surface area (Å²) in [7, 11) is -3.91. The highest BCUT2D eigenvalue weighted by Crippen LogP contribution is 2.23. The lowest BCUT2D eigenvalue weighted by atomic mass is 10.2. The van der Waals surface area contributed by atoms with Gasteiger partial charge in [0.25, 0.3) is 5.91 Å². The summed E-state index contributed by atoms with van der Waals surface area (Å²) in [6, 6.07) is 5.58. The molecule has 1 fully saturated rings. The fourth-order valence-electron chi connectivity index (χ4n) is 3.68. The molecule has 0 bridgehead atoms. The lowest BCUT2D eigenvalue weighted by Gasteiger charge is -2.19. The molecule has 0 N–H and O–H groups in total. The summed E-state index contributed by atoms with van der Waals surface area (Å²) in [6.45, 7) is 7.73. The smallest absolute Gasteiger partial charge is 0.263 e. The first kappa shape index (κ1) is 24.2. The van der Waals surface area contributed by atoms with E-state index in [1.54, 1.807) is 15.5 Å². The summed E-state index contributed by atoms with van der Waals surface area (Å²) in [4.78, 5) is 31.0. The third-order valence-corrected chi connectivity index (χ3v) is 7.56. The first-order valence-corrected chi connectivity index (χ1v) is 13.4. The second-order valence-electron chi connectivity index (χ2n) is 7.68. The van der Waals surface area contributed by atoms with Crippen molar-refractivity contribution in [1.82, 2.24) is 9.47 Å². The molecule has 0 saturated carbocycles. The van der Waals surface area contributed by atoms with Gasteiger partial charge in [-0.15, -0.1) is 6.58 Å². The Morgan fingerprint density at radius 1 is 1.19 bits per heavy atom. The maximum atomic E-state index is 12.5. The molecule has 1 aliphatic heterocycles. The van der Waals surface area contributed by atoms with E-state index in [1.807, 2.05) is 25.1 Å². The Kier molecular flexibility index (Phi) is 8.25. The van der Waals surface area contributed by atoms with Crippen molar-refractivity contribution in [2.75, 3.05) is 31.2 Å².